The summed E-state index contributed by atoms with van der Waals surface area (Å²) in [5, 5.41) is 7.19. The van der Waals surface area contributed by atoms with Gasteiger partial charge in [-0.3, -0.25) is 0 Å². The fourth-order valence-corrected chi connectivity index (χ4v) is 7.89. The zero-order valence-electron chi connectivity index (χ0n) is 18.4. The van der Waals surface area contributed by atoms with Gasteiger partial charge in [-0.15, -0.1) is 0 Å². The van der Waals surface area contributed by atoms with Gasteiger partial charge in [0, 0.05) is 40.9 Å². The molecule has 0 unspecified atom stereocenters. The van der Waals surface area contributed by atoms with Crippen LogP contribution in [0.3, 0.4) is 0 Å². The quantitative estimate of drug-likeness (QED) is 0.212. The van der Waals surface area contributed by atoms with E-state index >= 15 is 0 Å². The Bertz CT molecular complexity index is 1520. The van der Waals surface area contributed by atoms with Gasteiger partial charge in [0.1, 0.15) is 11.5 Å². The predicted octanol–water partition coefficient (Wildman–Crippen LogP) is 7.57. The molecule has 4 heterocycles. The minimum absolute atomic E-state index is 0.169. The second-order valence-corrected chi connectivity index (χ2v) is 11.9. The smallest absolute Gasteiger partial charge is 0.322 e. The summed E-state index contributed by atoms with van der Waals surface area (Å²) in [6.07, 6.45) is 4.51. The van der Waals surface area contributed by atoms with Gasteiger partial charge in [-0.1, -0.05) is 18.2 Å². The Morgan fingerprint density at radius 2 is 2.06 bits per heavy atom. The summed E-state index contributed by atoms with van der Waals surface area (Å²) in [4.78, 5) is 23.4. The summed E-state index contributed by atoms with van der Waals surface area (Å²) in [7, 11) is 1.85. The van der Waals surface area contributed by atoms with E-state index in [1.54, 1.807) is 29.3 Å². The maximum Gasteiger partial charge on any atom is 0.322 e. The lowest BCUT2D eigenvalue weighted by atomic mass is 10.0. The van der Waals surface area contributed by atoms with Crippen molar-refractivity contribution in [2.24, 2.45) is 3.15 Å². The first kappa shape index (κ1) is 22.2. The Hall–Kier alpha value is -3.25. The van der Waals surface area contributed by atoms with Crippen LogP contribution in [0.15, 0.2) is 74.9 Å². The molecule has 2 aliphatic rings. The van der Waals surface area contributed by atoms with Gasteiger partial charge in [0.15, 0.2) is 0 Å². The molecule has 0 saturated heterocycles. The van der Waals surface area contributed by atoms with Crippen LogP contribution in [0.5, 0.6) is 0 Å². The van der Waals surface area contributed by atoms with Crippen molar-refractivity contribution in [2.75, 3.05) is 23.7 Å². The maximum absolute atomic E-state index is 13.9. The number of aromatic nitrogens is 2. The number of anilines is 3. The van der Waals surface area contributed by atoms with Gasteiger partial charge >= 0.3 is 6.03 Å². The predicted molar refractivity (Wildman–Crippen MR) is 147 cm³/mol. The highest BCUT2D eigenvalue weighted by molar-refractivity contribution is 14.2. The van der Waals surface area contributed by atoms with Crippen molar-refractivity contribution < 1.29 is 9.18 Å². The molecule has 7 nitrogen and oxygen atoms in total. The Morgan fingerprint density at radius 3 is 2.91 bits per heavy atom. The van der Waals surface area contributed by atoms with E-state index in [1.807, 2.05) is 21.1 Å². The van der Waals surface area contributed by atoms with Gasteiger partial charge in [0.05, 0.1) is 36.7 Å². The van der Waals surface area contributed by atoms with Gasteiger partial charge in [-0.2, -0.15) is 0 Å². The number of hydrogen-bond acceptors (Lipinski definition) is 5. The molecule has 0 atom stereocenters. The molecule has 0 fully saturated rings. The number of aromatic amines is 1. The summed E-state index contributed by atoms with van der Waals surface area (Å²) in [5.41, 5.74) is 6.22. The molecule has 2 aromatic heterocycles. The van der Waals surface area contributed by atoms with Crippen molar-refractivity contribution >= 4 is 74.0 Å². The summed E-state index contributed by atoms with van der Waals surface area (Å²) in [6, 6.07) is 16.2. The first-order valence-corrected chi connectivity index (χ1v) is 15.4. The van der Waals surface area contributed by atoms with Gasteiger partial charge in [0.2, 0.25) is 0 Å². The van der Waals surface area contributed by atoms with E-state index in [9.17, 15) is 9.18 Å². The molecule has 2 aromatic carbocycles. The number of fused-ring (bicyclic) bond motifs is 2. The maximum atomic E-state index is 13.9. The third-order valence-corrected chi connectivity index (χ3v) is 9.73. The van der Waals surface area contributed by atoms with Crippen LogP contribution in [0.2, 0.25) is 0 Å². The number of carbonyl (C=O) groups excluding carboxylic acids is 1. The van der Waals surface area contributed by atoms with Crippen LogP contribution in [-0.4, -0.2) is 34.0 Å². The second-order valence-electron chi connectivity index (χ2n) is 8.18. The Kier molecular flexibility index (Phi) is 5.98. The number of hydrogen-bond donors (Lipinski definition) is 3. The van der Waals surface area contributed by atoms with E-state index in [1.165, 1.54) is 11.0 Å². The molecule has 0 aliphatic carbocycles. The van der Waals surface area contributed by atoms with E-state index < -0.39 is 5.82 Å². The average Bonchev–Trinajstić information content (AvgIpc) is 3.53. The van der Waals surface area contributed by atoms with Crippen LogP contribution < -0.4 is 10.6 Å². The van der Waals surface area contributed by atoms with E-state index in [0.29, 0.717) is 19.5 Å². The van der Waals surface area contributed by atoms with Crippen molar-refractivity contribution in [2.45, 2.75) is 11.3 Å². The topological polar surface area (TPSA) is 85.4 Å². The van der Waals surface area contributed by atoms with Gasteiger partial charge < -0.3 is 20.5 Å². The molecule has 10 heteroatoms. The molecular formula is C25H20FIN6OS. The number of pyridine rings is 1. The zero-order chi connectivity index (χ0) is 23.8. The number of nitrogens with one attached hydrogen (secondary N) is 3. The molecule has 4 aromatic rings. The highest BCUT2D eigenvalue weighted by Crippen LogP contribution is 2.48. The van der Waals surface area contributed by atoms with Crippen molar-refractivity contribution in [1.29, 1.82) is 0 Å². The highest BCUT2D eigenvalue weighted by Gasteiger charge is 2.20. The third-order valence-electron chi connectivity index (χ3n) is 5.97. The molecule has 0 spiro atoms. The van der Waals surface area contributed by atoms with Crippen LogP contribution in [0.25, 0.3) is 16.6 Å². The Balaban J connectivity index is 1.18. The molecule has 3 N–H and O–H groups in total. The standard InChI is InChI=1S/C25H20FIN6OS/c26-18-3-1-2-4-20(18)31-25(34)33-11-8-15(9-12-33)22-14-17-19(7-10-28-24(17)30-22)29-16-5-6-21-23(13-16)35-27-32-21/h1-8,10,13-14H,9,11-12H2,(H,31,34)(H2,28,29,30). The lowest BCUT2D eigenvalue weighted by molar-refractivity contribution is 0.217. The van der Waals surface area contributed by atoms with E-state index in [2.05, 4.69) is 48.0 Å². The number of rotatable bonds is 4. The Morgan fingerprint density at radius 1 is 1.14 bits per heavy atom. The molecule has 2 amide bonds. The van der Waals surface area contributed by atoms with Crippen molar-refractivity contribution in [3.63, 3.8) is 0 Å². The number of amides is 2. The monoisotopic (exact) mass is 598 g/mol. The first-order chi connectivity index (χ1) is 17.1. The zero-order valence-corrected chi connectivity index (χ0v) is 21.4. The molecular weight excluding hydrogens is 578 g/mol. The molecule has 6 rings (SSSR count). The molecule has 0 bridgehead atoms. The van der Waals surface area contributed by atoms with Crippen molar-refractivity contribution in [1.82, 2.24) is 14.9 Å². The summed E-state index contributed by atoms with van der Waals surface area (Å²) in [6.45, 7) is 0.991. The van der Waals surface area contributed by atoms with Gasteiger partial charge in [-0.25, -0.2) is 17.3 Å². The second kappa shape index (κ2) is 9.42. The van der Waals surface area contributed by atoms with Gasteiger partial charge in [0.25, 0.3) is 0 Å². The molecule has 2 aliphatic heterocycles. The number of para-hydroxylation sites is 1. The third kappa shape index (κ3) is 4.55. The fourth-order valence-electron chi connectivity index (χ4n) is 4.13. The summed E-state index contributed by atoms with van der Waals surface area (Å²) < 4.78 is 18.4. The van der Waals surface area contributed by atoms with Crippen LogP contribution in [0, 0.1) is 5.82 Å². The molecule has 0 radical (unpaired) electrons. The van der Waals surface area contributed by atoms with Crippen LogP contribution in [0.4, 0.5) is 31.9 Å². The number of benzene rings is 2. The highest BCUT2D eigenvalue weighted by atomic mass is 127. The number of halogens is 2. The molecule has 176 valence electrons. The normalized spacial score (nSPS) is 14.9. The van der Waals surface area contributed by atoms with E-state index in [0.717, 1.165) is 39.4 Å². The minimum Gasteiger partial charge on any atom is -0.355 e. The SMILES string of the molecule is O=C(Nc1ccccc1F)N1CC=C(c2cc3c(Nc4ccc5c(c4)SI=N5)ccnc3[nH]2)CC1. The number of urea groups is 1. The van der Waals surface area contributed by atoms with Gasteiger partial charge in [-0.05, 0) is 63.4 Å². The Labute approximate surface area is 213 Å². The summed E-state index contributed by atoms with van der Waals surface area (Å²) in [5.74, 6) is -0.445. The molecule has 35 heavy (non-hydrogen) atoms. The minimum atomic E-state index is -0.445. The van der Waals surface area contributed by atoms with E-state index in [4.69, 9.17) is 0 Å². The van der Waals surface area contributed by atoms with Crippen molar-refractivity contribution in [3.8, 4) is 0 Å². The lowest BCUT2D eigenvalue weighted by Gasteiger charge is -2.26. The average molecular weight is 598 g/mol. The van der Waals surface area contributed by atoms with Crippen LogP contribution in [-0.2, 0) is 0 Å². The number of nitrogens with zero attached hydrogens (tertiary/aromatic N) is 3. The van der Waals surface area contributed by atoms with Crippen LogP contribution >= 0.6 is 28.6 Å². The summed E-state index contributed by atoms with van der Waals surface area (Å²) >= 11 is -0.169. The number of H-pyrrole nitrogens is 1. The molecule has 0 saturated carbocycles. The number of carbonyl (C=O) groups is 1. The van der Waals surface area contributed by atoms with Crippen LogP contribution in [0.1, 0.15) is 12.1 Å². The van der Waals surface area contributed by atoms with E-state index in [-0.39, 0.29) is 31.4 Å². The van der Waals surface area contributed by atoms with Crippen molar-refractivity contribution in [3.05, 3.63) is 78.4 Å². The first-order valence-electron chi connectivity index (χ1n) is 11.0. The largest absolute Gasteiger partial charge is 0.355 e. The fraction of sp³-hybridized carbons (Fsp3) is 0.120. The lowest BCUT2D eigenvalue weighted by Crippen LogP contribution is -2.38.